The van der Waals surface area contributed by atoms with Gasteiger partial charge in [-0.05, 0) is 0 Å². The van der Waals surface area contributed by atoms with Crippen LogP contribution in [0.4, 0.5) is 0 Å². The van der Waals surface area contributed by atoms with Crippen LogP contribution < -0.4 is 13.8 Å². The third-order valence-electron chi connectivity index (χ3n) is 2.70. The van der Waals surface area contributed by atoms with Gasteiger partial charge in [0.25, 0.3) is 0 Å². The Morgan fingerprint density at radius 1 is 1.20 bits per heavy atom. The van der Waals surface area contributed by atoms with Gasteiger partial charge in [-0.3, -0.25) is 0 Å². The second-order valence-corrected chi connectivity index (χ2v) is 21.6. The summed E-state index contributed by atoms with van der Waals surface area (Å²) in [7, 11) is -3.65. The summed E-state index contributed by atoms with van der Waals surface area (Å²) in [5.41, 5.74) is 2.39. The van der Waals surface area contributed by atoms with E-state index in [4.69, 9.17) is 5.11 Å². The van der Waals surface area contributed by atoms with Crippen LogP contribution in [0.5, 0.6) is 0 Å². The fourth-order valence-corrected chi connectivity index (χ4v) is 5.74. The fourth-order valence-electron chi connectivity index (χ4n) is 1.51. The Labute approximate surface area is 123 Å². The normalized spacial score (nSPS) is 12.3. The molecule has 0 saturated carbocycles. The Hall–Kier alpha value is -0.641. The van der Waals surface area contributed by atoms with E-state index < -0.39 is 34.4 Å². The summed E-state index contributed by atoms with van der Waals surface area (Å²) < 4.78 is 25.1. The quantitative estimate of drug-likeness (QED) is 0.348. The first-order valence-electron chi connectivity index (χ1n) is 6.20. The molecule has 0 saturated heterocycles. The van der Waals surface area contributed by atoms with Crippen LogP contribution in [-0.2, 0) is 14.8 Å². The zero-order chi connectivity index (χ0) is 15.4. The van der Waals surface area contributed by atoms with Gasteiger partial charge in [0.2, 0.25) is 0 Å². The van der Waals surface area contributed by atoms with Crippen molar-refractivity contribution in [3.05, 3.63) is 24.3 Å². The van der Waals surface area contributed by atoms with E-state index in [-0.39, 0.29) is 17.9 Å². The summed E-state index contributed by atoms with van der Waals surface area (Å²) in [4.78, 5) is 19.4. The van der Waals surface area contributed by atoms with Crippen LogP contribution >= 0.6 is 0 Å². The van der Waals surface area contributed by atoms with E-state index in [1.807, 2.05) is 12.1 Å². The van der Waals surface area contributed by atoms with Crippen LogP contribution in [-0.4, -0.2) is 44.4 Å². The molecular weight excluding hydrogens is 387 g/mol. The van der Waals surface area contributed by atoms with E-state index in [0.717, 1.165) is 0 Å². The third-order valence-corrected chi connectivity index (χ3v) is 9.90. The van der Waals surface area contributed by atoms with E-state index in [0.29, 0.717) is 0 Å². The molecule has 6 nitrogen and oxygen atoms in total. The molecule has 0 unspecified atom stereocenters. The predicted octanol–water partition coefficient (Wildman–Crippen LogP) is 0.489. The Morgan fingerprint density at radius 3 is 2.20 bits per heavy atom. The summed E-state index contributed by atoms with van der Waals surface area (Å²) in [6.45, 7) is 0.0328. The monoisotopic (exact) mass is 408 g/mol. The van der Waals surface area contributed by atoms with Crippen molar-refractivity contribution in [1.82, 2.24) is 10.3 Å². The molecule has 1 aromatic carbocycles. The van der Waals surface area contributed by atoms with Gasteiger partial charge in [0, 0.05) is 0 Å². The molecule has 0 fully saturated rings. The van der Waals surface area contributed by atoms with Gasteiger partial charge in [0.15, 0.2) is 0 Å². The molecule has 0 aliphatic heterocycles. The number of aliphatic carboxylic acids is 1. The molecule has 0 aromatic heterocycles. The number of carboxylic acid groups (broad SMARTS) is 1. The summed E-state index contributed by atoms with van der Waals surface area (Å²) >= 11 is -2.18. The number of hydrogen-bond donors (Lipinski definition) is 3. The number of sulfonamides is 1. The molecular formula is C12H20N2O4SSn. The number of carbonyl (C=O) groups is 1. The van der Waals surface area contributed by atoms with E-state index >= 15 is 0 Å². The molecule has 0 bridgehead atoms. The van der Waals surface area contributed by atoms with Crippen molar-refractivity contribution in [2.45, 2.75) is 26.1 Å². The van der Waals surface area contributed by atoms with Crippen LogP contribution in [0.3, 0.4) is 0 Å². The molecule has 8 heteroatoms. The molecule has 3 N–H and O–H groups in total. The predicted molar refractivity (Wildman–Crippen MR) is 80.0 cm³/mol. The number of carboxylic acids is 1. The second-order valence-electron chi connectivity index (χ2n) is 5.45. The first-order chi connectivity index (χ1) is 9.13. The van der Waals surface area contributed by atoms with Gasteiger partial charge < -0.3 is 0 Å². The minimum absolute atomic E-state index is 0.0328. The van der Waals surface area contributed by atoms with E-state index in [2.05, 4.69) is 25.1 Å². The van der Waals surface area contributed by atoms with E-state index in [1.165, 1.54) is 3.58 Å². The van der Waals surface area contributed by atoms with E-state index in [1.54, 1.807) is 12.1 Å². The van der Waals surface area contributed by atoms with Gasteiger partial charge in [-0.1, -0.05) is 0 Å². The first-order valence-corrected chi connectivity index (χ1v) is 17.7. The topological polar surface area (TPSA) is 95.5 Å². The molecule has 0 spiro atoms. The zero-order valence-corrected chi connectivity index (χ0v) is 15.5. The third kappa shape index (κ3) is 5.39. The van der Waals surface area contributed by atoms with Crippen LogP contribution in [0.1, 0.15) is 6.42 Å². The number of rotatable bonds is 7. The average molecular weight is 407 g/mol. The molecule has 1 rings (SSSR count). The van der Waals surface area contributed by atoms with Crippen LogP contribution in [0, 0.1) is 0 Å². The van der Waals surface area contributed by atoms with Crippen molar-refractivity contribution >= 4 is 37.9 Å². The van der Waals surface area contributed by atoms with Crippen molar-refractivity contribution < 1.29 is 18.3 Å². The van der Waals surface area contributed by atoms with Crippen molar-refractivity contribution in [1.29, 1.82) is 0 Å². The van der Waals surface area contributed by atoms with Crippen LogP contribution in [0.2, 0.25) is 14.8 Å². The second kappa shape index (κ2) is 6.88. The molecule has 0 heterocycles. The summed E-state index contributed by atoms with van der Waals surface area (Å²) in [6, 6.07) is 6.89. The Kier molecular flexibility index (Phi) is 5.99. The maximum absolute atomic E-state index is 11.9. The first kappa shape index (κ1) is 17.4. The van der Waals surface area contributed by atoms with Gasteiger partial charge >= 0.3 is 123 Å². The van der Waals surface area contributed by atoms with Crippen LogP contribution in [0.15, 0.2) is 29.2 Å². The summed E-state index contributed by atoms with van der Waals surface area (Å²) in [6.07, 6.45) is -0.153. The van der Waals surface area contributed by atoms with Crippen molar-refractivity contribution in [3.63, 3.8) is 0 Å². The maximum atomic E-state index is 11.9. The summed E-state index contributed by atoms with van der Waals surface area (Å²) in [5.74, 6) is -0.987. The Balaban J connectivity index is 2.71. The standard InChI is InChI=1S/C9H11N2O4S.3CH3.Sn/c12-9(13)6-7-10-11-16(14,15)8-4-2-1-3-5-8;;;;/h2-5,10-11H,6-7H2,(H,12,13);3*1H3;. The van der Waals surface area contributed by atoms with Crippen molar-refractivity contribution in [2.75, 3.05) is 6.54 Å². The fraction of sp³-hybridized carbons (Fsp3) is 0.417. The Morgan fingerprint density at radius 2 is 1.75 bits per heavy atom. The van der Waals surface area contributed by atoms with Gasteiger partial charge in [0.05, 0.1) is 0 Å². The Bertz CT molecular complexity index is 564. The summed E-state index contributed by atoms with van der Waals surface area (Å²) in [5, 5.41) is 8.46. The number of hydrogen-bond acceptors (Lipinski definition) is 4. The molecule has 1 aromatic rings. The van der Waals surface area contributed by atoms with Gasteiger partial charge in [-0.2, -0.15) is 0 Å². The molecule has 0 aliphatic carbocycles. The SMILES string of the molecule is [CH3][Sn]([CH3])([CH3])[c]1ccc(S(=O)(=O)NNCCC(=O)O)cc1. The molecule has 112 valence electrons. The molecule has 0 radical (unpaired) electrons. The van der Waals surface area contributed by atoms with Crippen molar-refractivity contribution in [2.24, 2.45) is 0 Å². The van der Waals surface area contributed by atoms with Crippen LogP contribution in [0.25, 0.3) is 0 Å². The van der Waals surface area contributed by atoms with Gasteiger partial charge in [-0.25, -0.2) is 0 Å². The molecule has 0 aliphatic rings. The average Bonchev–Trinajstić information content (AvgIpc) is 2.34. The number of nitrogens with one attached hydrogen (secondary N) is 2. The molecule has 20 heavy (non-hydrogen) atoms. The minimum atomic E-state index is -3.65. The van der Waals surface area contributed by atoms with Crippen molar-refractivity contribution in [3.8, 4) is 0 Å². The molecule has 0 amide bonds. The number of benzene rings is 1. The number of hydrazine groups is 1. The van der Waals surface area contributed by atoms with E-state index in [9.17, 15) is 13.2 Å². The van der Waals surface area contributed by atoms with Gasteiger partial charge in [-0.15, -0.1) is 0 Å². The molecule has 0 atom stereocenters. The zero-order valence-electron chi connectivity index (χ0n) is 11.8. The van der Waals surface area contributed by atoms with Gasteiger partial charge in [0.1, 0.15) is 0 Å².